The van der Waals surface area contributed by atoms with E-state index in [1.165, 1.54) is 0 Å². The van der Waals surface area contributed by atoms with E-state index in [9.17, 15) is 4.79 Å². The molecule has 0 saturated carbocycles. The third-order valence-electron chi connectivity index (χ3n) is 3.06. The maximum atomic E-state index is 11.8. The van der Waals surface area contributed by atoms with Gasteiger partial charge in [0.1, 0.15) is 12.4 Å². The number of ketones is 1. The fourth-order valence-corrected chi connectivity index (χ4v) is 2.22. The van der Waals surface area contributed by atoms with Gasteiger partial charge in [0.25, 0.3) is 0 Å². The van der Waals surface area contributed by atoms with Crippen molar-refractivity contribution in [1.82, 2.24) is 0 Å². The van der Waals surface area contributed by atoms with Crippen molar-refractivity contribution in [3.8, 4) is 5.75 Å². The summed E-state index contributed by atoms with van der Waals surface area (Å²) in [6.45, 7) is 5.12. The standard InChI is InChI=1S/C15H20O3/c1-11(2)17-9-10-18-15-8-4-5-12-13(15)6-3-7-14(12)16/h4-5,8,11H,3,6-7,9-10H2,1-2H3. The van der Waals surface area contributed by atoms with Crippen molar-refractivity contribution in [2.75, 3.05) is 13.2 Å². The lowest BCUT2D eigenvalue weighted by atomic mass is 9.90. The van der Waals surface area contributed by atoms with E-state index in [4.69, 9.17) is 9.47 Å². The molecule has 0 aliphatic heterocycles. The minimum Gasteiger partial charge on any atom is -0.491 e. The first-order valence-electron chi connectivity index (χ1n) is 6.58. The predicted molar refractivity (Wildman–Crippen MR) is 70.3 cm³/mol. The van der Waals surface area contributed by atoms with Gasteiger partial charge in [-0.2, -0.15) is 0 Å². The van der Waals surface area contributed by atoms with Crippen molar-refractivity contribution in [1.29, 1.82) is 0 Å². The lowest BCUT2D eigenvalue weighted by Gasteiger charge is -2.18. The number of benzene rings is 1. The van der Waals surface area contributed by atoms with Crippen molar-refractivity contribution in [2.24, 2.45) is 0 Å². The topological polar surface area (TPSA) is 35.5 Å². The molecule has 98 valence electrons. The fourth-order valence-electron chi connectivity index (χ4n) is 2.22. The summed E-state index contributed by atoms with van der Waals surface area (Å²) >= 11 is 0. The van der Waals surface area contributed by atoms with Gasteiger partial charge in [0, 0.05) is 17.5 Å². The molecule has 18 heavy (non-hydrogen) atoms. The van der Waals surface area contributed by atoms with Crippen LogP contribution < -0.4 is 4.74 Å². The van der Waals surface area contributed by atoms with Crippen molar-refractivity contribution >= 4 is 5.78 Å². The SMILES string of the molecule is CC(C)OCCOc1cccc2c1CCCC2=O. The molecule has 0 fully saturated rings. The van der Waals surface area contributed by atoms with Gasteiger partial charge in [-0.1, -0.05) is 12.1 Å². The fraction of sp³-hybridized carbons (Fsp3) is 0.533. The van der Waals surface area contributed by atoms with E-state index in [2.05, 4.69) is 0 Å². The largest absolute Gasteiger partial charge is 0.491 e. The minimum atomic E-state index is 0.222. The first-order chi connectivity index (χ1) is 8.68. The monoisotopic (exact) mass is 248 g/mol. The zero-order valence-electron chi connectivity index (χ0n) is 11.1. The van der Waals surface area contributed by atoms with Gasteiger partial charge in [-0.25, -0.2) is 0 Å². The van der Waals surface area contributed by atoms with Crippen LogP contribution in [-0.4, -0.2) is 25.1 Å². The summed E-state index contributed by atoms with van der Waals surface area (Å²) in [7, 11) is 0. The van der Waals surface area contributed by atoms with Crippen LogP contribution in [0.5, 0.6) is 5.75 Å². The number of fused-ring (bicyclic) bond motifs is 1. The highest BCUT2D eigenvalue weighted by atomic mass is 16.5. The second-order valence-corrected chi connectivity index (χ2v) is 4.83. The van der Waals surface area contributed by atoms with Gasteiger partial charge in [-0.05, 0) is 32.8 Å². The van der Waals surface area contributed by atoms with Gasteiger partial charge < -0.3 is 9.47 Å². The number of ether oxygens (including phenoxy) is 2. The van der Waals surface area contributed by atoms with Crippen LogP contribution in [0.15, 0.2) is 18.2 Å². The third kappa shape index (κ3) is 3.10. The Morgan fingerprint density at radius 1 is 1.22 bits per heavy atom. The molecule has 1 aromatic carbocycles. The summed E-state index contributed by atoms with van der Waals surface area (Å²) in [6.07, 6.45) is 2.74. The molecule has 0 spiro atoms. The van der Waals surface area contributed by atoms with Gasteiger partial charge >= 0.3 is 0 Å². The number of hydrogen-bond donors (Lipinski definition) is 0. The van der Waals surface area contributed by atoms with Gasteiger partial charge in [0.05, 0.1) is 12.7 Å². The van der Waals surface area contributed by atoms with Crippen LogP contribution in [0.4, 0.5) is 0 Å². The molecule has 3 heteroatoms. The molecule has 1 aliphatic rings. The van der Waals surface area contributed by atoms with Crippen molar-refractivity contribution in [3.05, 3.63) is 29.3 Å². The van der Waals surface area contributed by atoms with Crippen molar-refractivity contribution in [2.45, 2.75) is 39.2 Å². The molecule has 3 nitrogen and oxygen atoms in total. The van der Waals surface area contributed by atoms with Crippen LogP contribution in [0.1, 0.15) is 42.6 Å². The number of carbonyl (C=O) groups excluding carboxylic acids is 1. The molecule has 0 N–H and O–H groups in total. The van der Waals surface area contributed by atoms with Gasteiger partial charge in [-0.15, -0.1) is 0 Å². The van der Waals surface area contributed by atoms with Crippen molar-refractivity contribution < 1.29 is 14.3 Å². The molecule has 0 radical (unpaired) electrons. The zero-order valence-corrected chi connectivity index (χ0v) is 11.1. The summed E-state index contributed by atoms with van der Waals surface area (Å²) in [6, 6.07) is 5.72. The van der Waals surface area contributed by atoms with Crippen LogP contribution in [0, 0.1) is 0 Å². The summed E-state index contributed by atoms with van der Waals surface area (Å²) in [4.78, 5) is 11.8. The normalized spacial score (nSPS) is 14.7. The molecule has 0 amide bonds. The Bertz CT molecular complexity index is 424. The summed E-state index contributed by atoms with van der Waals surface area (Å²) < 4.78 is 11.2. The Hall–Kier alpha value is -1.35. The maximum Gasteiger partial charge on any atom is 0.163 e. The Morgan fingerprint density at radius 3 is 2.83 bits per heavy atom. The van der Waals surface area contributed by atoms with Crippen molar-refractivity contribution in [3.63, 3.8) is 0 Å². The summed E-state index contributed by atoms with van der Waals surface area (Å²) in [5.74, 6) is 1.08. The summed E-state index contributed by atoms with van der Waals surface area (Å²) in [5, 5.41) is 0. The van der Waals surface area contributed by atoms with Gasteiger partial charge in [0.15, 0.2) is 5.78 Å². The quantitative estimate of drug-likeness (QED) is 0.751. The second kappa shape index (κ2) is 6.01. The van der Waals surface area contributed by atoms with E-state index in [0.29, 0.717) is 19.6 Å². The Balaban J connectivity index is 2.00. The zero-order chi connectivity index (χ0) is 13.0. The summed E-state index contributed by atoms with van der Waals surface area (Å²) in [5.41, 5.74) is 1.90. The minimum absolute atomic E-state index is 0.222. The van der Waals surface area contributed by atoms with E-state index in [0.717, 1.165) is 29.7 Å². The number of hydrogen-bond acceptors (Lipinski definition) is 3. The molecular formula is C15H20O3. The van der Waals surface area contributed by atoms with E-state index in [1.807, 2.05) is 32.0 Å². The molecule has 0 saturated heterocycles. The molecule has 0 aromatic heterocycles. The lowest BCUT2D eigenvalue weighted by molar-refractivity contribution is 0.0550. The third-order valence-corrected chi connectivity index (χ3v) is 3.06. The second-order valence-electron chi connectivity index (χ2n) is 4.83. The molecule has 2 rings (SSSR count). The first-order valence-corrected chi connectivity index (χ1v) is 6.58. The molecule has 0 unspecified atom stereocenters. The number of rotatable bonds is 5. The molecule has 1 aromatic rings. The Kier molecular flexibility index (Phi) is 4.37. The first kappa shape index (κ1) is 13.1. The molecule has 0 heterocycles. The lowest BCUT2D eigenvalue weighted by Crippen LogP contribution is -2.15. The average molecular weight is 248 g/mol. The number of carbonyl (C=O) groups is 1. The maximum absolute atomic E-state index is 11.8. The molecule has 0 bridgehead atoms. The van der Waals surface area contributed by atoms with Crippen LogP contribution in [0.2, 0.25) is 0 Å². The highest BCUT2D eigenvalue weighted by Gasteiger charge is 2.19. The number of Topliss-reactive ketones (excluding diaryl/α,β-unsaturated/α-hetero) is 1. The van der Waals surface area contributed by atoms with E-state index >= 15 is 0 Å². The van der Waals surface area contributed by atoms with Crippen LogP contribution >= 0.6 is 0 Å². The predicted octanol–water partition coefficient (Wildman–Crippen LogP) is 3.01. The van der Waals surface area contributed by atoms with Gasteiger partial charge in [-0.3, -0.25) is 4.79 Å². The van der Waals surface area contributed by atoms with E-state index < -0.39 is 0 Å². The molecule has 1 aliphatic carbocycles. The smallest absolute Gasteiger partial charge is 0.163 e. The molecular weight excluding hydrogens is 228 g/mol. The van der Waals surface area contributed by atoms with Crippen LogP contribution in [-0.2, 0) is 11.2 Å². The van der Waals surface area contributed by atoms with E-state index in [-0.39, 0.29) is 11.9 Å². The Labute approximate surface area is 108 Å². The Morgan fingerprint density at radius 2 is 2.06 bits per heavy atom. The van der Waals surface area contributed by atoms with Gasteiger partial charge in [0.2, 0.25) is 0 Å². The average Bonchev–Trinajstić information content (AvgIpc) is 2.35. The van der Waals surface area contributed by atoms with Crippen LogP contribution in [0.25, 0.3) is 0 Å². The highest BCUT2D eigenvalue weighted by molar-refractivity contribution is 5.99. The van der Waals surface area contributed by atoms with Crippen LogP contribution in [0.3, 0.4) is 0 Å². The van der Waals surface area contributed by atoms with E-state index in [1.54, 1.807) is 0 Å². The molecule has 0 atom stereocenters. The highest BCUT2D eigenvalue weighted by Crippen LogP contribution is 2.29.